The van der Waals surface area contributed by atoms with Crippen molar-refractivity contribution in [1.29, 1.82) is 0 Å². The molecule has 0 aliphatic heterocycles. The summed E-state index contributed by atoms with van der Waals surface area (Å²) in [6.45, 7) is 7.76. The molecule has 1 amide bonds. The Kier molecular flexibility index (Phi) is 5.05. The van der Waals surface area contributed by atoms with Gasteiger partial charge in [-0.3, -0.25) is 4.79 Å². The first-order chi connectivity index (χ1) is 8.75. The summed E-state index contributed by atoms with van der Waals surface area (Å²) in [5.41, 5.74) is -0.159. The Labute approximate surface area is 113 Å². The van der Waals surface area contributed by atoms with Crippen LogP contribution in [0.3, 0.4) is 0 Å². The van der Waals surface area contributed by atoms with Crippen LogP contribution in [0.15, 0.2) is 4.52 Å². The second kappa shape index (κ2) is 6.14. The lowest BCUT2D eigenvalue weighted by Crippen LogP contribution is -2.37. The standard InChI is InChI=1S/C13H23N3O3/c1-9(8-17)16(5)11(18)7-6-10-14-12(15-19-10)13(2,3)4/h9,17H,6-8H2,1-5H3. The van der Waals surface area contributed by atoms with E-state index >= 15 is 0 Å². The van der Waals surface area contributed by atoms with Crippen molar-refractivity contribution in [3.63, 3.8) is 0 Å². The molecule has 0 saturated carbocycles. The minimum Gasteiger partial charge on any atom is -0.394 e. The van der Waals surface area contributed by atoms with Crippen LogP contribution in [0.1, 0.15) is 45.8 Å². The highest BCUT2D eigenvalue weighted by molar-refractivity contribution is 5.76. The van der Waals surface area contributed by atoms with E-state index in [1.165, 1.54) is 4.90 Å². The summed E-state index contributed by atoms with van der Waals surface area (Å²) in [4.78, 5) is 17.7. The second-order valence-electron chi connectivity index (χ2n) is 5.80. The zero-order valence-corrected chi connectivity index (χ0v) is 12.3. The van der Waals surface area contributed by atoms with Gasteiger partial charge >= 0.3 is 0 Å². The van der Waals surface area contributed by atoms with Crippen LogP contribution >= 0.6 is 0 Å². The predicted octanol–water partition coefficient (Wildman–Crippen LogP) is 1.14. The first-order valence-corrected chi connectivity index (χ1v) is 6.45. The van der Waals surface area contributed by atoms with Crippen molar-refractivity contribution in [3.05, 3.63) is 11.7 Å². The predicted molar refractivity (Wildman–Crippen MR) is 70.6 cm³/mol. The molecule has 1 heterocycles. The van der Waals surface area contributed by atoms with Crippen molar-refractivity contribution < 1.29 is 14.4 Å². The first-order valence-electron chi connectivity index (χ1n) is 6.45. The molecule has 0 aliphatic carbocycles. The van der Waals surface area contributed by atoms with Gasteiger partial charge in [0.15, 0.2) is 5.82 Å². The van der Waals surface area contributed by atoms with E-state index in [0.717, 1.165) is 0 Å². The summed E-state index contributed by atoms with van der Waals surface area (Å²) < 4.78 is 5.13. The van der Waals surface area contributed by atoms with E-state index in [1.54, 1.807) is 14.0 Å². The van der Waals surface area contributed by atoms with Gasteiger partial charge in [-0.1, -0.05) is 25.9 Å². The lowest BCUT2D eigenvalue weighted by atomic mass is 9.96. The number of hydrogen-bond donors (Lipinski definition) is 1. The van der Waals surface area contributed by atoms with Crippen molar-refractivity contribution >= 4 is 5.91 Å². The molecule has 1 aromatic rings. The van der Waals surface area contributed by atoms with Crippen LogP contribution in [0.4, 0.5) is 0 Å². The number of rotatable bonds is 5. The van der Waals surface area contributed by atoms with Crippen molar-refractivity contribution in [2.75, 3.05) is 13.7 Å². The number of likely N-dealkylation sites (N-methyl/N-ethyl adjacent to an activating group) is 1. The van der Waals surface area contributed by atoms with Gasteiger partial charge in [0.05, 0.1) is 12.6 Å². The molecule has 6 nitrogen and oxygen atoms in total. The molecule has 1 unspecified atom stereocenters. The van der Waals surface area contributed by atoms with Crippen molar-refractivity contribution in [1.82, 2.24) is 15.0 Å². The quantitative estimate of drug-likeness (QED) is 0.867. The monoisotopic (exact) mass is 269 g/mol. The van der Waals surface area contributed by atoms with Gasteiger partial charge in [-0.05, 0) is 6.92 Å². The Morgan fingerprint density at radius 1 is 1.47 bits per heavy atom. The number of nitrogens with zero attached hydrogens (tertiary/aromatic N) is 3. The summed E-state index contributed by atoms with van der Waals surface area (Å²) in [5, 5.41) is 12.9. The van der Waals surface area contributed by atoms with Crippen molar-refractivity contribution in [2.24, 2.45) is 0 Å². The Morgan fingerprint density at radius 2 is 2.11 bits per heavy atom. The summed E-state index contributed by atoms with van der Waals surface area (Å²) in [6.07, 6.45) is 0.719. The molecule has 0 bridgehead atoms. The van der Waals surface area contributed by atoms with Crippen LogP contribution in [0.5, 0.6) is 0 Å². The van der Waals surface area contributed by atoms with Gasteiger partial charge < -0.3 is 14.5 Å². The number of hydrogen-bond acceptors (Lipinski definition) is 5. The maximum absolute atomic E-state index is 11.8. The lowest BCUT2D eigenvalue weighted by molar-refractivity contribution is -0.132. The molecule has 1 aromatic heterocycles. The van der Waals surface area contributed by atoms with E-state index in [0.29, 0.717) is 24.6 Å². The molecule has 0 aliphatic rings. The molecule has 0 fully saturated rings. The zero-order valence-electron chi connectivity index (χ0n) is 12.3. The van der Waals surface area contributed by atoms with Gasteiger partial charge in [-0.25, -0.2) is 0 Å². The van der Waals surface area contributed by atoms with Gasteiger partial charge in [-0.2, -0.15) is 4.98 Å². The molecule has 108 valence electrons. The van der Waals surface area contributed by atoms with Crippen LogP contribution in [0.2, 0.25) is 0 Å². The Bertz CT molecular complexity index is 423. The number of carbonyl (C=O) groups excluding carboxylic acids is 1. The third-order valence-electron chi connectivity index (χ3n) is 3.01. The minimum absolute atomic E-state index is 0.0444. The summed E-state index contributed by atoms with van der Waals surface area (Å²) >= 11 is 0. The SMILES string of the molecule is CC(CO)N(C)C(=O)CCc1nc(C(C)(C)C)no1. The highest BCUT2D eigenvalue weighted by Gasteiger charge is 2.21. The highest BCUT2D eigenvalue weighted by atomic mass is 16.5. The molecular formula is C13H23N3O3. The van der Waals surface area contributed by atoms with Crippen LogP contribution < -0.4 is 0 Å². The van der Waals surface area contributed by atoms with E-state index < -0.39 is 0 Å². The molecule has 1 rings (SSSR count). The average Bonchev–Trinajstić information content (AvgIpc) is 2.82. The number of aliphatic hydroxyl groups excluding tert-OH is 1. The van der Waals surface area contributed by atoms with Gasteiger partial charge in [-0.15, -0.1) is 0 Å². The van der Waals surface area contributed by atoms with Crippen molar-refractivity contribution in [3.8, 4) is 0 Å². The summed E-state index contributed by atoms with van der Waals surface area (Å²) in [6, 6.07) is -0.180. The van der Waals surface area contributed by atoms with Crippen LogP contribution in [-0.2, 0) is 16.6 Å². The molecule has 1 N–H and O–H groups in total. The normalized spacial score (nSPS) is 13.4. The molecule has 6 heteroatoms. The molecular weight excluding hydrogens is 246 g/mol. The van der Waals surface area contributed by atoms with Gasteiger partial charge in [0, 0.05) is 25.3 Å². The summed E-state index contributed by atoms with van der Waals surface area (Å²) in [5.74, 6) is 1.08. The number of carbonyl (C=O) groups is 1. The van der Waals surface area contributed by atoms with Crippen LogP contribution in [0, 0.1) is 0 Å². The Hall–Kier alpha value is -1.43. The average molecular weight is 269 g/mol. The molecule has 19 heavy (non-hydrogen) atoms. The maximum Gasteiger partial charge on any atom is 0.227 e. The fraction of sp³-hybridized carbons (Fsp3) is 0.769. The maximum atomic E-state index is 11.8. The summed E-state index contributed by atoms with van der Waals surface area (Å²) in [7, 11) is 1.68. The van der Waals surface area contributed by atoms with E-state index in [-0.39, 0.29) is 24.0 Å². The number of aromatic nitrogens is 2. The number of aryl methyl sites for hydroxylation is 1. The second-order valence-corrected chi connectivity index (χ2v) is 5.80. The van der Waals surface area contributed by atoms with Gasteiger partial charge in [0.1, 0.15) is 0 Å². The van der Waals surface area contributed by atoms with Gasteiger partial charge in [0.25, 0.3) is 0 Å². The Morgan fingerprint density at radius 3 is 2.58 bits per heavy atom. The van der Waals surface area contributed by atoms with E-state index in [2.05, 4.69) is 10.1 Å². The highest BCUT2D eigenvalue weighted by Crippen LogP contribution is 2.18. The van der Waals surface area contributed by atoms with Crippen LogP contribution in [0.25, 0.3) is 0 Å². The lowest BCUT2D eigenvalue weighted by Gasteiger charge is -2.22. The molecule has 1 atom stereocenters. The fourth-order valence-corrected chi connectivity index (χ4v) is 1.42. The van der Waals surface area contributed by atoms with E-state index in [9.17, 15) is 4.79 Å². The number of aliphatic hydroxyl groups is 1. The molecule has 0 aromatic carbocycles. The minimum atomic E-state index is -0.180. The first kappa shape index (κ1) is 15.6. The van der Waals surface area contributed by atoms with Crippen LogP contribution in [-0.4, -0.2) is 45.8 Å². The molecule has 0 saturated heterocycles. The van der Waals surface area contributed by atoms with E-state index in [4.69, 9.17) is 9.63 Å². The third-order valence-corrected chi connectivity index (χ3v) is 3.01. The van der Waals surface area contributed by atoms with Crippen molar-refractivity contribution in [2.45, 2.75) is 52.0 Å². The largest absolute Gasteiger partial charge is 0.394 e. The topological polar surface area (TPSA) is 79.5 Å². The van der Waals surface area contributed by atoms with Gasteiger partial charge in [0.2, 0.25) is 11.8 Å². The van der Waals surface area contributed by atoms with E-state index in [1.807, 2.05) is 20.8 Å². The Balaban J connectivity index is 2.53. The smallest absolute Gasteiger partial charge is 0.227 e. The third kappa shape index (κ3) is 4.31. The number of amides is 1. The molecule has 0 spiro atoms. The zero-order chi connectivity index (χ0) is 14.6. The molecule has 0 radical (unpaired) electrons. The fourth-order valence-electron chi connectivity index (χ4n) is 1.42.